The third kappa shape index (κ3) is 3.06. The molecule has 0 aliphatic heterocycles. The fourth-order valence-corrected chi connectivity index (χ4v) is 2.10. The quantitative estimate of drug-likeness (QED) is 0.783. The highest BCUT2D eigenvalue weighted by Crippen LogP contribution is 2.28. The van der Waals surface area contributed by atoms with Crippen LogP contribution in [0.25, 0.3) is 11.4 Å². The summed E-state index contributed by atoms with van der Waals surface area (Å²) in [5.74, 6) is 1.76. The average Bonchev–Trinajstić information content (AvgIpc) is 2.49. The Kier molecular flexibility index (Phi) is 3.74. The second-order valence-corrected chi connectivity index (χ2v) is 5.10. The van der Waals surface area contributed by atoms with Gasteiger partial charge in [-0.1, -0.05) is 29.8 Å². The van der Waals surface area contributed by atoms with Gasteiger partial charge in [0.25, 0.3) is 0 Å². The van der Waals surface area contributed by atoms with E-state index in [9.17, 15) is 5.11 Å². The van der Waals surface area contributed by atoms with Crippen LogP contribution >= 0.6 is 0 Å². The lowest BCUT2D eigenvalue weighted by Gasteiger charge is -2.09. The Morgan fingerprint density at radius 1 is 0.909 bits per heavy atom. The van der Waals surface area contributed by atoms with Crippen molar-refractivity contribution in [1.29, 1.82) is 0 Å². The molecular formula is C18H16N2O2. The fourth-order valence-electron chi connectivity index (χ4n) is 2.10. The lowest BCUT2D eigenvalue weighted by molar-refractivity contribution is 0.460. The van der Waals surface area contributed by atoms with E-state index >= 15 is 0 Å². The number of rotatable bonds is 3. The maximum atomic E-state index is 9.95. The number of aromatic nitrogens is 2. The molecule has 22 heavy (non-hydrogen) atoms. The molecule has 4 nitrogen and oxygen atoms in total. The number of nitrogens with zero attached hydrogens (tertiary/aromatic N) is 2. The molecule has 1 heterocycles. The highest BCUT2D eigenvalue weighted by molar-refractivity contribution is 5.63. The summed E-state index contributed by atoms with van der Waals surface area (Å²) in [4.78, 5) is 8.76. The minimum Gasteiger partial charge on any atom is -0.507 e. The first-order valence-electron chi connectivity index (χ1n) is 7.00. The first-order valence-corrected chi connectivity index (χ1v) is 7.00. The molecule has 110 valence electrons. The monoisotopic (exact) mass is 292 g/mol. The number of benzene rings is 2. The summed E-state index contributed by atoms with van der Waals surface area (Å²) < 4.78 is 5.78. The van der Waals surface area contributed by atoms with Crippen LogP contribution in [0, 0.1) is 13.8 Å². The number of aryl methyl sites for hydroxylation is 2. The molecule has 0 radical (unpaired) electrons. The standard InChI is InChI=1S/C18H16N2O2/c1-12-7-9-14(10-8-12)22-17-11-13(2)19-18(20-17)15-5-3-4-6-16(15)21/h3-11,21H,1-2H3. The summed E-state index contributed by atoms with van der Waals surface area (Å²) in [6.45, 7) is 3.89. The van der Waals surface area contributed by atoms with Crippen LogP contribution in [0.3, 0.4) is 0 Å². The summed E-state index contributed by atoms with van der Waals surface area (Å²) in [6, 6.07) is 16.5. The molecule has 0 unspecified atom stereocenters. The summed E-state index contributed by atoms with van der Waals surface area (Å²) in [5, 5.41) is 9.95. The first kappa shape index (κ1) is 14.1. The van der Waals surface area contributed by atoms with E-state index in [0.717, 1.165) is 5.69 Å². The normalized spacial score (nSPS) is 10.5. The molecule has 4 heteroatoms. The van der Waals surface area contributed by atoms with Crippen molar-refractivity contribution in [1.82, 2.24) is 9.97 Å². The molecular weight excluding hydrogens is 276 g/mol. The second-order valence-electron chi connectivity index (χ2n) is 5.10. The van der Waals surface area contributed by atoms with Gasteiger partial charge in [-0.15, -0.1) is 0 Å². The Hall–Kier alpha value is -2.88. The Balaban J connectivity index is 1.96. The molecule has 1 N–H and O–H groups in total. The molecule has 0 saturated heterocycles. The number of aromatic hydroxyl groups is 1. The Labute approximate surface area is 129 Å². The maximum absolute atomic E-state index is 9.95. The zero-order valence-electron chi connectivity index (χ0n) is 12.4. The third-order valence-electron chi connectivity index (χ3n) is 3.22. The van der Waals surface area contributed by atoms with E-state index in [-0.39, 0.29) is 5.75 Å². The van der Waals surface area contributed by atoms with E-state index in [0.29, 0.717) is 23.0 Å². The van der Waals surface area contributed by atoms with Gasteiger partial charge < -0.3 is 9.84 Å². The smallest absolute Gasteiger partial charge is 0.223 e. The van der Waals surface area contributed by atoms with Crippen molar-refractivity contribution in [3.8, 4) is 28.8 Å². The van der Waals surface area contributed by atoms with Crippen molar-refractivity contribution in [2.45, 2.75) is 13.8 Å². The number of phenolic OH excluding ortho intramolecular Hbond substituents is 1. The van der Waals surface area contributed by atoms with Crippen LogP contribution < -0.4 is 4.74 Å². The van der Waals surface area contributed by atoms with Crippen LogP contribution in [-0.4, -0.2) is 15.1 Å². The SMILES string of the molecule is Cc1ccc(Oc2cc(C)nc(-c3ccccc3O)n2)cc1. The van der Waals surface area contributed by atoms with E-state index in [1.54, 1.807) is 24.3 Å². The van der Waals surface area contributed by atoms with E-state index in [2.05, 4.69) is 9.97 Å². The van der Waals surface area contributed by atoms with Gasteiger partial charge in [0.15, 0.2) is 5.82 Å². The van der Waals surface area contributed by atoms with Crippen molar-refractivity contribution in [3.63, 3.8) is 0 Å². The van der Waals surface area contributed by atoms with Gasteiger partial charge >= 0.3 is 0 Å². The molecule has 0 fully saturated rings. The predicted molar refractivity (Wildman–Crippen MR) is 85.1 cm³/mol. The minimum absolute atomic E-state index is 0.148. The van der Waals surface area contributed by atoms with Crippen LogP contribution in [0.2, 0.25) is 0 Å². The lowest BCUT2D eigenvalue weighted by Crippen LogP contribution is -1.96. The van der Waals surface area contributed by atoms with E-state index < -0.39 is 0 Å². The lowest BCUT2D eigenvalue weighted by atomic mass is 10.2. The molecule has 0 amide bonds. The van der Waals surface area contributed by atoms with Crippen molar-refractivity contribution in [2.75, 3.05) is 0 Å². The predicted octanol–water partition coefficient (Wildman–Crippen LogP) is 4.26. The van der Waals surface area contributed by atoms with E-state index in [4.69, 9.17) is 4.74 Å². The van der Waals surface area contributed by atoms with Crippen molar-refractivity contribution in [3.05, 3.63) is 65.9 Å². The third-order valence-corrected chi connectivity index (χ3v) is 3.22. The van der Waals surface area contributed by atoms with Crippen LogP contribution in [0.1, 0.15) is 11.3 Å². The van der Waals surface area contributed by atoms with Crippen LogP contribution in [0.4, 0.5) is 0 Å². The van der Waals surface area contributed by atoms with Gasteiger partial charge in [-0.3, -0.25) is 0 Å². The van der Waals surface area contributed by atoms with Crippen LogP contribution in [-0.2, 0) is 0 Å². The van der Waals surface area contributed by atoms with Gasteiger partial charge in [-0.2, -0.15) is 4.98 Å². The Bertz CT molecular complexity index is 798. The number of ether oxygens (including phenoxy) is 1. The molecule has 0 saturated carbocycles. The summed E-state index contributed by atoms with van der Waals surface area (Å²) in [6.07, 6.45) is 0. The van der Waals surface area contributed by atoms with Crippen LogP contribution in [0.5, 0.6) is 17.4 Å². The zero-order valence-corrected chi connectivity index (χ0v) is 12.4. The Morgan fingerprint density at radius 3 is 2.36 bits per heavy atom. The highest BCUT2D eigenvalue weighted by Gasteiger charge is 2.10. The van der Waals surface area contributed by atoms with Gasteiger partial charge in [0.2, 0.25) is 5.88 Å². The average molecular weight is 292 g/mol. The minimum atomic E-state index is 0.148. The summed E-state index contributed by atoms with van der Waals surface area (Å²) in [7, 11) is 0. The molecule has 0 bridgehead atoms. The Morgan fingerprint density at radius 2 is 1.64 bits per heavy atom. The molecule has 0 spiro atoms. The topological polar surface area (TPSA) is 55.2 Å². The van der Waals surface area contributed by atoms with Gasteiger partial charge in [0.1, 0.15) is 11.5 Å². The fraction of sp³-hybridized carbons (Fsp3) is 0.111. The number of hydrogen-bond acceptors (Lipinski definition) is 4. The summed E-state index contributed by atoms with van der Waals surface area (Å²) >= 11 is 0. The molecule has 3 rings (SSSR count). The molecule has 0 atom stereocenters. The molecule has 2 aromatic carbocycles. The number of phenols is 1. The molecule has 1 aromatic heterocycles. The number of hydrogen-bond donors (Lipinski definition) is 1. The second kappa shape index (κ2) is 5.85. The zero-order chi connectivity index (χ0) is 15.5. The first-order chi connectivity index (χ1) is 10.6. The van der Waals surface area contributed by atoms with Gasteiger partial charge in [-0.25, -0.2) is 4.98 Å². The van der Waals surface area contributed by atoms with Gasteiger partial charge in [0, 0.05) is 11.8 Å². The van der Waals surface area contributed by atoms with E-state index in [1.165, 1.54) is 5.56 Å². The molecule has 3 aromatic rings. The molecule has 0 aliphatic carbocycles. The van der Waals surface area contributed by atoms with Crippen molar-refractivity contribution >= 4 is 0 Å². The van der Waals surface area contributed by atoms with E-state index in [1.807, 2.05) is 44.2 Å². The summed E-state index contributed by atoms with van der Waals surface area (Å²) in [5.41, 5.74) is 2.52. The van der Waals surface area contributed by atoms with Crippen molar-refractivity contribution in [2.24, 2.45) is 0 Å². The van der Waals surface area contributed by atoms with Crippen LogP contribution in [0.15, 0.2) is 54.6 Å². The van der Waals surface area contributed by atoms with Crippen molar-refractivity contribution < 1.29 is 9.84 Å². The largest absolute Gasteiger partial charge is 0.507 e. The highest BCUT2D eigenvalue weighted by atomic mass is 16.5. The molecule has 0 aliphatic rings. The van der Waals surface area contributed by atoms with Gasteiger partial charge in [0.05, 0.1) is 5.56 Å². The maximum Gasteiger partial charge on any atom is 0.223 e. The van der Waals surface area contributed by atoms with Gasteiger partial charge in [-0.05, 0) is 38.1 Å². The number of para-hydroxylation sites is 1.